The molecule has 2 rings (SSSR count). The van der Waals surface area contributed by atoms with Gasteiger partial charge in [-0.1, -0.05) is 19.3 Å². The molecular formula is C15H30ClN3O3. The molecule has 2 aliphatic rings. The number of hydrogen-bond acceptors (Lipinski definition) is 5. The smallest absolute Gasteiger partial charge is 0.239 e. The molecule has 1 amide bonds. The summed E-state index contributed by atoms with van der Waals surface area (Å²) in [6.45, 7) is 4.44. The summed E-state index contributed by atoms with van der Waals surface area (Å²) in [5.74, 6) is -0.116. The molecule has 1 atom stereocenters. The van der Waals surface area contributed by atoms with Crippen LogP contribution in [0.25, 0.3) is 0 Å². The van der Waals surface area contributed by atoms with Crippen LogP contribution in [-0.2, 0) is 14.3 Å². The van der Waals surface area contributed by atoms with Crippen LogP contribution in [0.1, 0.15) is 32.1 Å². The highest BCUT2D eigenvalue weighted by atomic mass is 35.5. The van der Waals surface area contributed by atoms with E-state index < -0.39 is 6.04 Å². The zero-order chi connectivity index (χ0) is 15.1. The van der Waals surface area contributed by atoms with E-state index in [2.05, 4.69) is 10.2 Å². The van der Waals surface area contributed by atoms with Crippen LogP contribution in [0.15, 0.2) is 0 Å². The molecule has 1 unspecified atom stereocenters. The molecule has 1 aliphatic heterocycles. The average Bonchev–Trinajstić information content (AvgIpc) is 2.54. The number of hydrogen-bond donors (Lipinski definition) is 2. The zero-order valence-electron chi connectivity index (χ0n) is 13.5. The third-order valence-electron chi connectivity index (χ3n) is 4.74. The van der Waals surface area contributed by atoms with Crippen LogP contribution in [0, 0.1) is 0 Å². The van der Waals surface area contributed by atoms with E-state index in [-0.39, 0.29) is 30.5 Å². The highest BCUT2D eigenvalue weighted by molar-refractivity contribution is 5.85. The lowest BCUT2D eigenvalue weighted by Gasteiger charge is -2.48. The number of carbonyl (C=O) groups excluding carboxylic acids is 1. The Bertz CT molecular complexity index is 332. The largest absolute Gasteiger partial charge is 0.383 e. The number of nitrogens with one attached hydrogen (secondary N) is 1. The van der Waals surface area contributed by atoms with Gasteiger partial charge in [0.1, 0.15) is 6.04 Å². The summed E-state index contributed by atoms with van der Waals surface area (Å²) in [5.41, 5.74) is 5.88. The summed E-state index contributed by atoms with van der Waals surface area (Å²) >= 11 is 0. The first-order valence-corrected chi connectivity index (χ1v) is 8.03. The number of nitrogens with two attached hydrogens (primary N) is 1. The lowest BCUT2D eigenvalue weighted by Crippen LogP contribution is -2.60. The van der Waals surface area contributed by atoms with Crippen LogP contribution in [0.2, 0.25) is 0 Å². The summed E-state index contributed by atoms with van der Waals surface area (Å²) in [7, 11) is 1.56. The van der Waals surface area contributed by atoms with Crippen LogP contribution in [-0.4, -0.2) is 69.0 Å². The lowest BCUT2D eigenvalue weighted by atomic mass is 9.79. The molecule has 7 heteroatoms. The zero-order valence-corrected chi connectivity index (χ0v) is 14.3. The fourth-order valence-electron chi connectivity index (χ4n) is 3.49. The predicted octanol–water partition coefficient (Wildman–Crippen LogP) is 0.533. The molecule has 1 saturated heterocycles. The van der Waals surface area contributed by atoms with Crippen molar-refractivity contribution in [2.45, 2.75) is 43.7 Å². The number of rotatable bonds is 6. The Kier molecular flexibility index (Phi) is 8.64. The van der Waals surface area contributed by atoms with E-state index in [0.717, 1.165) is 39.1 Å². The van der Waals surface area contributed by atoms with Crippen molar-refractivity contribution in [1.29, 1.82) is 0 Å². The van der Waals surface area contributed by atoms with Crippen molar-refractivity contribution >= 4 is 18.3 Å². The topological polar surface area (TPSA) is 76.8 Å². The highest BCUT2D eigenvalue weighted by Gasteiger charge is 2.39. The van der Waals surface area contributed by atoms with Gasteiger partial charge in [0, 0.05) is 32.3 Å². The van der Waals surface area contributed by atoms with Crippen LogP contribution < -0.4 is 11.1 Å². The van der Waals surface area contributed by atoms with Crippen LogP contribution in [0.4, 0.5) is 0 Å². The number of ether oxygens (including phenoxy) is 2. The summed E-state index contributed by atoms with van der Waals surface area (Å²) in [4.78, 5) is 14.6. The maximum Gasteiger partial charge on any atom is 0.239 e. The number of morpholine rings is 1. The Morgan fingerprint density at radius 2 is 1.95 bits per heavy atom. The summed E-state index contributed by atoms with van der Waals surface area (Å²) < 4.78 is 10.4. The molecular weight excluding hydrogens is 306 g/mol. The second-order valence-corrected chi connectivity index (χ2v) is 6.16. The minimum atomic E-state index is -0.583. The number of amides is 1. The first kappa shape index (κ1) is 19.6. The molecule has 0 aromatic carbocycles. The quantitative estimate of drug-likeness (QED) is 0.740. The number of halogens is 1. The van der Waals surface area contributed by atoms with Gasteiger partial charge in [0.25, 0.3) is 0 Å². The van der Waals surface area contributed by atoms with Gasteiger partial charge in [-0.25, -0.2) is 0 Å². The van der Waals surface area contributed by atoms with Gasteiger partial charge in [-0.05, 0) is 12.8 Å². The van der Waals surface area contributed by atoms with Gasteiger partial charge in [-0.15, -0.1) is 12.4 Å². The molecule has 6 nitrogen and oxygen atoms in total. The molecule has 1 heterocycles. The van der Waals surface area contributed by atoms with Crippen molar-refractivity contribution in [3.8, 4) is 0 Å². The van der Waals surface area contributed by atoms with Crippen molar-refractivity contribution in [1.82, 2.24) is 10.2 Å². The van der Waals surface area contributed by atoms with Crippen molar-refractivity contribution in [2.75, 3.05) is 46.6 Å². The second kappa shape index (κ2) is 9.67. The first-order chi connectivity index (χ1) is 10.2. The monoisotopic (exact) mass is 335 g/mol. The third-order valence-corrected chi connectivity index (χ3v) is 4.74. The Morgan fingerprint density at radius 1 is 1.32 bits per heavy atom. The number of nitrogens with zero attached hydrogens (tertiary/aromatic N) is 1. The van der Waals surface area contributed by atoms with Crippen LogP contribution >= 0.6 is 12.4 Å². The van der Waals surface area contributed by atoms with Gasteiger partial charge < -0.3 is 20.5 Å². The maximum atomic E-state index is 12.0. The molecule has 1 aliphatic carbocycles. The Balaban J connectivity index is 0.00000242. The Morgan fingerprint density at radius 3 is 2.55 bits per heavy atom. The minimum Gasteiger partial charge on any atom is -0.383 e. The highest BCUT2D eigenvalue weighted by Crippen LogP contribution is 2.33. The Hall–Kier alpha value is -0.400. The lowest BCUT2D eigenvalue weighted by molar-refractivity contribution is -0.124. The van der Waals surface area contributed by atoms with Crippen molar-refractivity contribution < 1.29 is 14.3 Å². The van der Waals surface area contributed by atoms with E-state index in [9.17, 15) is 4.79 Å². The third kappa shape index (κ3) is 5.06. The molecule has 3 N–H and O–H groups in total. The van der Waals surface area contributed by atoms with Gasteiger partial charge >= 0.3 is 0 Å². The van der Waals surface area contributed by atoms with Gasteiger partial charge in [-0.3, -0.25) is 9.69 Å². The van der Waals surface area contributed by atoms with E-state index in [1.807, 2.05) is 0 Å². The van der Waals surface area contributed by atoms with E-state index >= 15 is 0 Å². The standard InChI is InChI=1S/C15H29N3O3.ClH/c1-20-11-13(16)14(19)17-12-15(5-3-2-4-6-15)18-7-9-21-10-8-18;/h13H,2-12,16H2,1H3,(H,17,19);1H. The molecule has 0 radical (unpaired) electrons. The normalized spacial score (nSPS) is 23.4. The summed E-state index contributed by atoms with van der Waals surface area (Å²) in [6, 6.07) is -0.583. The van der Waals surface area contributed by atoms with Gasteiger partial charge in [-0.2, -0.15) is 0 Å². The van der Waals surface area contributed by atoms with Gasteiger partial charge in [0.05, 0.1) is 19.8 Å². The fourth-order valence-corrected chi connectivity index (χ4v) is 3.49. The summed E-state index contributed by atoms with van der Waals surface area (Å²) in [5, 5.41) is 3.05. The molecule has 22 heavy (non-hydrogen) atoms. The fraction of sp³-hybridized carbons (Fsp3) is 0.933. The molecule has 0 bridgehead atoms. The number of methoxy groups -OCH3 is 1. The van der Waals surface area contributed by atoms with E-state index in [1.54, 1.807) is 7.11 Å². The van der Waals surface area contributed by atoms with Gasteiger partial charge in [0.2, 0.25) is 5.91 Å². The minimum absolute atomic E-state index is 0. The first-order valence-electron chi connectivity index (χ1n) is 8.03. The summed E-state index contributed by atoms with van der Waals surface area (Å²) in [6.07, 6.45) is 6.05. The van der Waals surface area contributed by atoms with Crippen molar-refractivity contribution in [2.24, 2.45) is 5.73 Å². The molecule has 2 fully saturated rings. The molecule has 0 aromatic heterocycles. The van der Waals surface area contributed by atoms with Crippen molar-refractivity contribution in [3.05, 3.63) is 0 Å². The van der Waals surface area contributed by atoms with Crippen LogP contribution in [0.5, 0.6) is 0 Å². The SMILES string of the molecule is COCC(N)C(=O)NCC1(N2CCOCC2)CCCCC1.Cl. The van der Waals surface area contributed by atoms with Gasteiger partial charge in [0.15, 0.2) is 0 Å². The van der Waals surface area contributed by atoms with E-state index in [0.29, 0.717) is 6.54 Å². The predicted molar refractivity (Wildman–Crippen MR) is 88.3 cm³/mol. The van der Waals surface area contributed by atoms with E-state index in [1.165, 1.54) is 19.3 Å². The second-order valence-electron chi connectivity index (χ2n) is 6.16. The Labute approximate surface area is 139 Å². The maximum absolute atomic E-state index is 12.0. The average molecular weight is 336 g/mol. The van der Waals surface area contributed by atoms with Crippen LogP contribution in [0.3, 0.4) is 0 Å². The molecule has 130 valence electrons. The molecule has 0 aromatic rings. The van der Waals surface area contributed by atoms with E-state index in [4.69, 9.17) is 15.2 Å². The molecule has 1 saturated carbocycles. The van der Waals surface area contributed by atoms with Crippen molar-refractivity contribution in [3.63, 3.8) is 0 Å². The molecule has 0 spiro atoms. The number of carbonyl (C=O) groups is 1.